The molecule has 1 saturated heterocycles. The molecule has 0 atom stereocenters. The quantitative estimate of drug-likeness (QED) is 0.392. The Bertz CT molecular complexity index is 1390. The van der Waals surface area contributed by atoms with E-state index in [-0.39, 0.29) is 5.69 Å². The summed E-state index contributed by atoms with van der Waals surface area (Å²) in [6.07, 6.45) is 6.07. The van der Waals surface area contributed by atoms with E-state index in [1.165, 1.54) is 20.0 Å². The molecule has 36 heavy (non-hydrogen) atoms. The standard InChI is InChI=1S/C26H27N7O3/c1-35-25(34)21-7-6-20(15-27-21)29-24-13-22(30-26(31-24)32-8-10-36-11-9-32)18-4-5-19-14-28-33(23(19)12-18)16-17-2-3-17/h4-7,12-15,17H,2-3,8-11,16H2,1H3,(H,29,30,31). The van der Waals surface area contributed by atoms with Gasteiger partial charge in [-0.1, -0.05) is 12.1 Å². The van der Waals surface area contributed by atoms with E-state index in [1.54, 1.807) is 18.3 Å². The second-order valence-electron chi connectivity index (χ2n) is 9.13. The third kappa shape index (κ3) is 4.72. The highest BCUT2D eigenvalue weighted by Crippen LogP contribution is 2.33. The fourth-order valence-electron chi connectivity index (χ4n) is 4.31. The second-order valence-corrected chi connectivity index (χ2v) is 9.13. The van der Waals surface area contributed by atoms with Gasteiger partial charge in [-0.15, -0.1) is 0 Å². The largest absolute Gasteiger partial charge is 0.464 e. The molecule has 1 aliphatic heterocycles. The molecule has 0 unspecified atom stereocenters. The molecule has 1 aromatic carbocycles. The number of nitrogens with one attached hydrogen (secondary N) is 1. The fraction of sp³-hybridized carbons (Fsp3) is 0.346. The van der Waals surface area contributed by atoms with Crippen LogP contribution in [0, 0.1) is 5.92 Å². The van der Waals surface area contributed by atoms with Crippen molar-refractivity contribution < 1.29 is 14.3 Å². The molecule has 0 bridgehead atoms. The summed E-state index contributed by atoms with van der Waals surface area (Å²) in [7, 11) is 1.34. The highest BCUT2D eigenvalue weighted by atomic mass is 16.5. The highest BCUT2D eigenvalue weighted by Gasteiger charge is 2.23. The van der Waals surface area contributed by atoms with E-state index in [4.69, 9.17) is 19.4 Å². The number of ether oxygens (including phenoxy) is 2. The first-order chi connectivity index (χ1) is 17.7. The average Bonchev–Trinajstić information content (AvgIpc) is 3.67. The number of carbonyl (C=O) groups is 1. The van der Waals surface area contributed by atoms with Crippen LogP contribution in [-0.2, 0) is 16.0 Å². The van der Waals surface area contributed by atoms with Crippen LogP contribution < -0.4 is 10.2 Å². The molecule has 4 aromatic rings. The van der Waals surface area contributed by atoms with Gasteiger partial charge in [-0.05, 0) is 37.0 Å². The van der Waals surface area contributed by atoms with Crippen LogP contribution in [0.5, 0.6) is 0 Å². The molecular formula is C26H27N7O3. The molecule has 0 radical (unpaired) electrons. The van der Waals surface area contributed by atoms with Gasteiger partial charge in [0.1, 0.15) is 11.5 Å². The maximum absolute atomic E-state index is 11.7. The van der Waals surface area contributed by atoms with Crippen LogP contribution in [0.2, 0.25) is 0 Å². The molecule has 2 aliphatic rings. The van der Waals surface area contributed by atoms with Crippen molar-refractivity contribution >= 4 is 34.3 Å². The minimum atomic E-state index is -0.475. The molecule has 184 valence electrons. The summed E-state index contributed by atoms with van der Waals surface area (Å²) in [6, 6.07) is 11.7. The summed E-state index contributed by atoms with van der Waals surface area (Å²) in [6.45, 7) is 3.69. The Labute approximate surface area is 208 Å². The van der Waals surface area contributed by atoms with Gasteiger partial charge in [0.15, 0.2) is 0 Å². The summed E-state index contributed by atoms with van der Waals surface area (Å²) in [5, 5.41) is 9.05. The molecule has 0 spiro atoms. The molecule has 10 nitrogen and oxygen atoms in total. The van der Waals surface area contributed by atoms with Crippen molar-refractivity contribution in [1.29, 1.82) is 0 Å². The molecule has 1 N–H and O–H groups in total. The number of benzene rings is 1. The summed E-state index contributed by atoms with van der Waals surface area (Å²) in [5.74, 6) is 1.54. The lowest BCUT2D eigenvalue weighted by molar-refractivity contribution is 0.0594. The number of esters is 1. The number of pyridine rings is 1. The molecule has 2 fully saturated rings. The lowest BCUT2D eigenvalue weighted by Gasteiger charge is -2.27. The van der Waals surface area contributed by atoms with Crippen molar-refractivity contribution in [3.63, 3.8) is 0 Å². The topological polar surface area (TPSA) is 107 Å². The van der Waals surface area contributed by atoms with Gasteiger partial charge in [0.2, 0.25) is 5.95 Å². The van der Waals surface area contributed by atoms with Crippen LogP contribution in [0.25, 0.3) is 22.2 Å². The first kappa shape index (κ1) is 22.4. The van der Waals surface area contributed by atoms with E-state index in [0.717, 1.165) is 47.7 Å². The Kier molecular flexibility index (Phi) is 5.94. The Hall–Kier alpha value is -4.05. The maximum atomic E-state index is 11.7. The van der Waals surface area contributed by atoms with Crippen molar-refractivity contribution in [3.05, 3.63) is 54.5 Å². The predicted octanol–water partition coefficient (Wildman–Crippen LogP) is 3.67. The van der Waals surface area contributed by atoms with Gasteiger partial charge in [-0.3, -0.25) is 4.68 Å². The maximum Gasteiger partial charge on any atom is 0.356 e. The van der Waals surface area contributed by atoms with E-state index >= 15 is 0 Å². The smallest absolute Gasteiger partial charge is 0.356 e. The zero-order valence-electron chi connectivity index (χ0n) is 20.1. The number of morpholine rings is 1. The molecule has 0 amide bonds. The third-order valence-electron chi connectivity index (χ3n) is 6.51. The zero-order valence-corrected chi connectivity index (χ0v) is 20.1. The van der Waals surface area contributed by atoms with Gasteiger partial charge in [-0.2, -0.15) is 10.1 Å². The average molecular weight is 486 g/mol. The van der Waals surface area contributed by atoms with Crippen LogP contribution in [0.1, 0.15) is 23.3 Å². The van der Waals surface area contributed by atoms with Crippen LogP contribution in [0.15, 0.2) is 48.8 Å². The van der Waals surface area contributed by atoms with Crippen LogP contribution >= 0.6 is 0 Å². The predicted molar refractivity (Wildman–Crippen MR) is 135 cm³/mol. The minimum Gasteiger partial charge on any atom is -0.464 e. The van der Waals surface area contributed by atoms with Crippen molar-refractivity contribution in [1.82, 2.24) is 24.7 Å². The Balaban J connectivity index is 1.35. The van der Waals surface area contributed by atoms with E-state index in [2.05, 4.69) is 43.2 Å². The van der Waals surface area contributed by atoms with Crippen LogP contribution in [0.3, 0.4) is 0 Å². The highest BCUT2D eigenvalue weighted by molar-refractivity contribution is 5.87. The zero-order chi connectivity index (χ0) is 24.5. The van der Waals surface area contributed by atoms with Gasteiger partial charge in [0.05, 0.1) is 49.6 Å². The number of rotatable bonds is 7. The fourth-order valence-corrected chi connectivity index (χ4v) is 4.31. The lowest BCUT2D eigenvalue weighted by Crippen LogP contribution is -2.37. The van der Waals surface area contributed by atoms with Crippen LogP contribution in [-0.4, -0.2) is 64.1 Å². The number of aromatic nitrogens is 5. The van der Waals surface area contributed by atoms with E-state index in [0.29, 0.717) is 30.7 Å². The van der Waals surface area contributed by atoms with Crippen molar-refractivity contribution in [3.8, 4) is 11.3 Å². The summed E-state index contributed by atoms with van der Waals surface area (Å²) < 4.78 is 12.4. The number of hydrogen-bond acceptors (Lipinski definition) is 9. The monoisotopic (exact) mass is 485 g/mol. The number of methoxy groups -OCH3 is 1. The number of carbonyl (C=O) groups excluding carboxylic acids is 1. The molecule has 4 heterocycles. The number of nitrogens with zero attached hydrogens (tertiary/aromatic N) is 6. The first-order valence-electron chi connectivity index (χ1n) is 12.2. The van der Waals surface area contributed by atoms with Gasteiger partial charge in [0, 0.05) is 36.7 Å². The van der Waals surface area contributed by atoms with Gasteiger partial charge >= 0.3 is 5.97 Å². The van der Waals surface area contributed by atoms with Gasteiger partial charge in [0.25, 0.3) is 0 Å². The normalized spacial score (nSPS) is 15.8. The van der Waals surface area contributed by atoms with Crippen molar-refractivity contribution in [2.75, 3.05) is 43.6 Å². The number of fused-ring (bicyclic) bond motifs is 1. The molecule has 1 aliphatic carbocycles. The number of hydrogen-bond donors (Lipinski definition) is 1. The summed E-state index contributed by atoms with van der Waals surface area (Å²) in [5.41, 5.74) is 3.88. The Morgan fingerprint density at radius 1 is 1.11 bits per heavy atom. The van der Waals surface area contributed by atoms with Gasteiger partial charge < -0.3 is 19.7 Å². The minimum absolute atomic E-state index is 0.247. The molecule has 10 heteroatoms. The van der Waals surface area contributed by atoms with E-state index in [9.17, 15) is 4.79 Å². The van der Waals surface area contributed by atoms with Crippen LogP contribution in [0.4, 0.5) is 17.5 Å². The summed E-state index contributed by atoms with van der Waals surface area (Å²) >= 11 is 0. The lowest BCUT2D eigenvalue weighted by atomic mass is 10.1. The second kappa shape index (κ2) is 9.54. The van der Waals surface area contributed by atoms with E-state index in [1.807, 2.05) is 12.3 Å². The van der Waals surface area contributed by atoms with Crippen molar-refractivity contribution in [2.45, 2.75) is 19.4 Å². The molecular weight excluding hydrogens is 458 g/mol. The van der Waals surface area contributed by atoms with E-state index < -0.39 is 5.97 Å². The Morgan fingerprint density at radius 3 is 2.72 bits per heavy atom. The molecule has 3 aromatic heterocycles. The summed E-state index contributed by atoms with van der Waals surface area (Å²) in [4.78, 5) is 27.7. The molecule has 1 saturated carbocycles. The molecule has 6 rings (SSSR count). The van der Waals surface area contributed by atoms with Crippen molar-refractivity contribution in [2.24, 2.45) is 5.92 Å². The third-order valence-corrected chi connectivity index (χ3v) is 6.51. The Morgan fingerprint density at radius 2 is 1.97 bits per heavy atom. The first-order valence-corrected chi connectivity index (χ1v) is 12.2. The SMILES string of the molecule is COC(=O)c1ccc(Nc2cc(-c3ccc4cnn(CC5CC5)c4c3)nc(N3CCOCC3)n2)cn1. The number of anilines is 3. The van der Waals surface area contributed by atoms with Gasteiger partial charge in [-0.25, -0.2) is 14.8 Å².